The number of rotatable bonds is 10. The van der Waals surface area contributed by atoms with Crippen molar-refractivity contribution in [2.24, 2.45) is 0 Å². The van der Waals surface area contributed by atoms with E-state index in [1.54, 1.807) is 18.7 Å². The Morgan fingerprint density at radius 3 is 2.47 bits per heavy atom. The molecule has 30 heavy (non-hydrogen) atoms. The first-order valence-electron chi connectivity index (χ1n) is 10.2. The number of nitrogens with zero attached hydrogens (tertiary/aromatic N) is 3. The van der Waals surface area contributed by atoms with Gasteiger partial charge in [0.1, 0.15) is 5.82 Å². The number of aliphatic hydroxyl groups is 1. The number of unbranched alkanes of at least 4 members (excludes halogenated alkanes) is 1. The molecule has 164 valence electrons. The average Bonchev–Trinajstić information content (AvgIpc) is 2.70. The fourth-order valence-electron chi connectivity index (χ4n) is 3.30. The van der Waals surface area contributed by atoms with E-state index < -0.39 is 17.4 Å². The first kappa shape index (κ1) is 23.2. The van der Waals surface area contributed by atoms with Crippen LogP contribution in [0.1, 0.15) is 33.6 Å². The number of aromatic nitrogens is 2. The third-order valence-electron chi connectivity index (χ3n) is 4.77. The number of para-hydroxylation sites is 1. The molecule has 0 bridgehead atoms. The van der Waals surface area contributed by atoms with Gasteiger partial charge in [0, 0.05) is 25.3 Å². The van der Waals surface area contributed by atoms with Gasteiger partial charge in [-0.3, -0.25) is 19.1 Å². The molecule has 9 heteroatoms. The molecule has 1 unspecified atom stereocenters. The Morgan fingerprint density at radius 1 is 1.23 bits per heavy atom. The molecule has 0 aliphatic rings. The van der Waals surface area contributed by atoms with Crippen LogP contribution >= 0.6 is 0 Å². The normalized spacial score (nSPS) is 11.9. The number of nitrogens with two attached hydrogens (primary N) is 1. The van der Waals surface area contributed by atoms with Gasteiger partial charge in [0.2, 0.25) is 5.91 Å². The van der Waals surface area contributed by atoms with Crippen molar-refractivity contribution in [3.63, 3.8) is 0 Å². The maximum absolute atomic E-state index is 13.2. The standard InChI is InChI=1S/C21H31N5O4/c1-4-6-12-26-19(22)18(20(29)23-21(26)30)25(5-2)17(28)14-24(13-15(3)27)16-10-8-7-9-11-16/h7-11,15,27H,4-6,12-14,22H2,1-3H3,(H,23,29,30). The van der Waals surface area contributed by atoms with Crippen LogP contribution in [0.15, 0.2) is 39.9 Å². The van der Waals surface area contributed by atoms with Gasteiger partial charge >= 0.3 is 5.69 Å². The second-order valence-electron chi connectivity index (χ2n) is 7.20. The molecule has 0 aliphatic heterocycles. The van der Waals surface area contributed by atoms with Crippen molar-refractivity contribution in [2.75, 3.05) is 35.2 Å². The first-order chi connectivity index (χ1) is 14.3. The van der Waals surface area contributed by atoms with Gasteiger partial charge in [0.15, 0.2) is 5.69 Å². The summed E-state index contributed by atoms with van der Waals surface area (Å²) in [4.78, 5) is 43.2. The number of nitrogen functional groups attached to an aromatic ring is 1. The summed E-state index contributed by atoms with van der Waals surface area (Å²) >= 11 is 0. The molecular formula is C21H31N5O4. The molecule has 2 aromatic rings. The van der Waals surface area contributed by atoms with E-state index in [9.17, 15) is 19.5 Å². The number of hydrogen-bond donors (Lipinski definition) is 3. The summed E-state index contributed by atoms with van der Waals surface area (Å²) in [6.07, 6.45) is 0.908. The van der Waals surface area contributed by atoms with Gasteiger partial charge in [0.25, 0.3) is 5.56 Å². The molecule has 1 aromatic heterocycles. The van der Waals surface area contributed by atoms with Gasteiger partial charge < -0.3 is 20.6 Å². The second-order valence-corrected chi connectivity index (χ2v) is 7.20. The molecular weight excluding hydrogens is 386 g/mol. The van der Waals surface area contributed by atoms with Crippen molar-refractivity contribution in [2.45, 2.75) is 46.3 Å². The highest BCUT2D eigenvalue weighted by Gasteiger charge is 2.25. The number of benzene rings is 1. The third-order valence-corrected chi connectivity index (χ3v) is 4.77. The van der Waals surface area contributed by atoms with Crippen LogP contribution in [-0.2, 0) is 11.3 Å². The van der Waals surface area contributed by atoms with Crippen molar-refractivity contribution < 1.29 is 9.90 Å². The number of anilines is 3. The number of carbonyl (C=O) groups is 1. The molecule has 0 fully saturated rings. The number of amides is 1. The van der Waals surface area contributed by atoms with Crippen LogP contribution < -0.4 is 26.8 Å². The Kier molecular flexibility index (Phi) is 8.23. The zero-order valence-corrected chi connectivity index (χ0v) is 17.8. The Bertz CT molecular complexity index is 952. The minimum absolute atomic E-state index is 0.0193. The molecule has 0 saturated heterocycles. The molecule has 2 rings (SSSR count). The highest BCUT2D eigenvalue weighted by atomic mass is 16.3. The van der Waals surface area contributed by atoms with Crippen molar-refractivity contribution in [1.82, 2.24) is 9.55 Å². The Morgan fingerprint density at radius 2 is 1.90 bits per heavy atom. The Labute approximate surface area is 175 Å². The zero-order chi connectivity index (χ0) is 22.3. The molecule has 0 spiro atoms. The number of nitrogens with one attached hydrogen (secondary N) is 1. The van der Waals surface area contributed by atoms with Gasteiger partial charge in [-0.15, -0.1) is 0 Å². The van der Waals surface area contributed by atoms with Crippen LogP contribution in [0.25, 0.3) is 0 Å². The SMILES string of the molecule is CCCCn1c(N)c(N(CC)C(=O)CN(CC(C)O)c2ccccc2)c(=O)[nH]c1=O. The van der Waals surface area contributed by atoms with Crippen LogP contribution in [0.4, 0.5) is 17.2 Å². The van der Waals surface area contributed by atoms with E-state index in [0.29, 0.717) is 13.0 Å². The lowest BCUT2D eigenvalue weighted by Crippen LogP contribution is -2.46. The smallest absolute Gasteiger partial charge is 0.330 e. The van der Waals surface area contributed by atoms with Gasteiger partial charge in [-0.05, 0) is 32.4 Å². The lowest BCUT2D eigenvalue weighted by Gasteiger charge is -2.29. The topological polar surface area (TPSA) is 125 Å². The maximum Gasteiger partial charge on any atom is 0.330 e. The van der Waals surface area contributed by atoms with Gasteiger partial charge in [0.05, 0.1) is 12.6 Å². The van der Waals surface area contributed by atoms with Crippen LogP contribution in [0.2, 0.25) is 0 Å². The quantitative estimate of drug-likeness (QED) is 0.533. The monoisotopic (exact) mass is 417 g/mol. The average molecular weight is 418 g/mol. The molecule has 1 amide bonds. The summed E-state index contributed by atoms with van der Waals surface area (Å²) < 4.78 is 1.29. The van der Waals surface area contributed by atoms with Crippen LogP contribution in [-0.4, -0.2) is 46.3 Å². The van der Waals surface area contributed by atoms with Crippen LogP contribution in [0, 0.1) is 0 Å². The summed E-state index contributed by atoms with van der Waals surface area (Å²) in [7, 11) is 0. The fourth-order valence-corrected chi connectivity index (χ4v) is 3.30. The summed E-state index contributed by atoms with van der Waals surface area (Å²) in [5, 5.41) is 9.87. The summed E-state index contributed by atoms with van der Waals surface area (Å²) in [5.74, 6) is -0.380. The molecule has 4 N–H and O–H groups in total. The number of aromatic amines is 1. The Hall–Kier alpha value is -3.07. The van der Waals surface area contributed by atoms with E-state index in [2.05, 4.69) is 4.98 Å². The summed E-state index contributed by atoms with van der Waals surface area (Å²) in [6, 6.07) is 9.25. The maximum atomic E-state index is 13.2. The second kappa shape index (κ2) is 10.6. The summed E-state index contributed by atoms with van der Waals surface area (Å²) in [5.41, 5.74) is 5.63. The largest absolute Gasteiger partial charge is 0.392 e. The highest BCUT2D eigenvalue weighted by molar-refractivity contribution is 5.98. The third kappa shape index (κ3) is 5.50. The molecule has 9 nitrogen and oxygen atoms in total. The highest BCUT2D eigenvalue weighted by Crippen LogP contribution is 2.19. The van der Waals surface area contributed by atoms with Crippen molar-refractivity contribution in [1.29, 1.82) is 0 Å². The lowest BCUT2D eigenvalue weighted by molar-refractivity contribution is -0.117. The van der Waals surface area contributed by atoms with Crippen LogP contribution in [0.5, 0.6) is 0 Å². The van der Waals surface area contributed by atoms with Gasteiger partial charge in [-0.1, -0.05) is 31.5 Å². The molecule has 1 atom stereocenters. The molecule has 0 saturated carbocycles. The molecule has 0 aliphatic carbocycles. The predicted molar refractivity (Wildman–Crippen MR) is 119 cm³/mol. The predicted octanol–water partition coefficient (Wildman–Crippen LogP) is 1.16. The van der Waals surface area contributed by atoms with Crippen LogP contribution in [0.3, 0.4) is 0 Å². The molecule has 1 aromatic carbocycles. The van der Waals surface area contributed by atoms with E-state index in [0.717, 1.165) is 12.1 Å². The number of aliphatic hydroxyl groups excluding tert-OH is 1. The number of likely N-dealkylation sites (N-methyl/N-ethyl adjacent to an activating group) is 1. The minimum Gasteiger partial charge on any atom is -0.392 e. The van der Waals surface area contributed by atoms with E-state index in [1.807, 2.05) is 37.3 Å². The van der Waals surface area contributed by atoms with E-state index >= 15 is 0 Å². The number of carbonyl (C=O) groups excluding carboxylic acids is 1. The minimum atomic E-state index is -0.692. The van der Waals surface area contributed by atoms with Crippen molar-refractivity contribution >= 4 is 23.1 Å². The molecule has 1 heterocycles. The lowest BCUT2D eigenvalue weighted by atomic mass is 10.2. The van der Waals surface area contributed by atoms with Gasteiger partial charge in [-0.25, -0.2) is 4.79 Å². The molecule has 0 radical (unpaired) electrons. The fraction of sp³-hybridized carbons (Fsp3) is 0.476. The number of H-pyrrole nitrogens is 1. The zero-order valence-electron chi connectivity index (χ0n) is 17.8. The summed E-state index contributed by atoms with van der Waals surface area (Å²) in [6.45, 7) is 6.11. The van der Waals surface area contributed by atoms with E-state index in [-0.39, 0.29) is 37.0 Å². The van der Waals surface area contributed by atoms with Gasteiger partial charge in [-0.2, -0.15) is 0 Å². The van der Waals surface area contributed by atoms with E-state index in [4.69, 9.17) is 5.73 Å². The first-order valence-corrected chi connectivity index (χ1v) is 10.2. The van der Waals surface area contributed by atoms with E-state index in [1.165, 1.54) is 9.47 Å². The number of hydrogen-bond acceptors (Lipinski definition) is 6. The van der Waals surface area contributed by atoms with Crippen molar-refractivity contribution in [3.8, 4) is 0 Å². The Balaban J connectivity index is 2.39. The van der Waals surface area contributed by atoms with Crippen molar-refractivity contribution in [3.05, 3.63) is 51.2 Å².